The summed E-state index contributed by atoms with van der Waals surface area (Å²) in [5.41, 5.74) is 2.88. The van der Waals surface area contributed by atoms with Gasteiger partial charge in [-0.15, -0.1) is 0 Å². The van der Waals surface area contributed by atoms with Crippen LogP contribution in [0.3, 0.4) is 0 Å². The zero-order valence-corrected chi connectivity index (χ0v) is 23.9. The number of amides is 1. The van der Waals surface area contributed by atoms with E-state index in [4.69, 9.17) is 12.2 Å². The molecule has 2 aromatic heterocycles. The summed E-state index contributed by atoms with van der Waals surface area (Å²) in [6.45, 7) is 5.70. The van der Waals surface area contributed by atoms with Crippen molar-refractivity contribution in [1.82, 2.24) is 19.4 Å². The van der Waals surface area contributed by atoms with Crippen LogP contribution in [0.25, 0.3) is 0 Å². The number of rotatable bonds is 6. The van der Waals surface area contributed by atoms with Crippen LogP contribution in [-0.2, 0) is 21.4 Å². The number of aryl methyl sites for hydroxylation is 2. The molecule has 1 saturated heterocycles. The maximum atomic E-state index is 12.7. The molecule has 0 spiro atoms. The minimum atomic E-state index is -3.89. The van der Waals surface area contributed by atoms with Crippen molar-refractivity contribution in [2.45, 2.75) is 37.6 Å². The summed E-state index contributed by atoms with van der Waals surface area (Å²) >= 11 is 6.94. The van der Waals surface area contributed by atoms with Crippen LogP contribution in [0.1, 0.15) is 29.4 Å². The van der Waals surface area contributed by atoms with Crippen molar-refractivity contribution in [2.75, 3.05) is 28.9 Å². The van der Waals surface area contributed by atoms with Crippen molar-refractivity contribution in [3.8, 4) is 0 Å². The topological polar surface area (TPSA) is 126 Å². The number of hydrogen-bond donors (Lipinski definition) is 2. The van der Waals surface area contributed by atoms with Crippen LogP contribution >= 0.6 is 24.0 Å². The number of nitrogens with zero attached hydrogens (tertiary/aromatic N) is 4. The van der Waals surface area contributed by atoms with E-state index in [9.17, 15) is 18.0 Å². The quantitative estimate of drug-likeness (QED) is 0.420. The first-order chi connectivity index (χ1) is 18.6. The molecular formula is C26H28N6O4S3. The molecule has 3 aromatic rings. The Morgan fingerprint density at radius 1 is 1.08 bits per heavy atom. The monoisotopic (exact) mass is 584 g/mol. The van der Waals surface area contributed by atoms with Crippen LogP contribution in [0.2, 0.25) is 0 Å². The molecule has 10 nitrogen and oxygen atoms in total. The van der Waals surface area contributed by atoms with Gasteiger partial charge in [-0.05, 0) is 62.6 Å². The molecule has 1 fully saturated rings. The lowest BCUT2D eigenvalue weighted by atomic mass is 9.83. The number of pyridine rings is 1. The molecule has 0 saturated carbocycles. The van der Waals surface area contributed by atoms with Gasteiger partial charge in [-0.25, -0.2) is 23.1 Å². The number of nitrogens with one attached hydrogen (secondary N) is 2. The summed E-state index contributed by atoms with van der Waals surface area (Å²) in [6, 6.07) is 13.1. The van der Waals surface area contributed by atoms with Crippen LogP contribution in [0.15, 0.2) is 58.2 Å². The highest BCUT2D eigenvalue weighted by Gasteiger charge is 2.35. The molecule has 2 bridgehead atoms. The molecule has 0 aliphatic carbocycles. The standard InChI is InChI=1S/C26H28N6O4S3/c1-16-10-17(2)28-25(27-16)30-39(35,36)21-8-6-20(7-9-21)29-23(33)15-38-26(37)31-12-18-11-19(14-31)22-4-3-5-24(34)32(22)13-18/h3-10,18-19H,11-15H2,1-2H3,(H,29,33)(H,27,28,30)/t18-,19+/m1/s1. The largest absolute Gasteiger partial charge is 0.356 e. The van der Waals surface area contributed by atoms with E-state index in [0.29, 0.717) is 33.9 Å². The lowest BCUT2D eigenvalue weighted by Gasteiger charge is -2.43. The molecule has 2 atom stereocenters. The van der Waals surface area contributed by atoms with Gasteiger partial charge in [0.15, 0.2) is 0 Å². The summed E-state index contributed by atoms with van der Waals surface area (Å²) in [6.07, 6.45) is 1.03. The van der Waals surface area contributed by atoms with Crippen molar-refractivity contribution in [2.24, 2.45) is 5.92 Å². The second kappa shape index (κ2) is 11.1. The van der Waals surface area contributed by atoms with E-state index in [1.54, 1.807) is 26.0 Å². The van der Waals surface area contributed by atoms with E-state index in [2.05, 4.69) is 24.9 Å². The van der Waals surface area contributed by atoms with Gasteiger partial charge in [-0.1, -0.05) is 30.0 Å². The van der Waals surface area contributed by atoms with E-state index in [-0.39, 0.29) is 34.0 Å². The Morgan fingerprint density at radius 2 is 1.79 bits per heavy atom. The third-order valence-electron chi connectivity index (χ3n) is 6.72. The van der Waals surface area contributed by atoms with Gasteiger partial charge in [0.1, 0.15) is 4.32 Å². The van der Waals surface area contributed by atoms with Gasteiger partial charge in [-0.3, -0.25) is 9.59 Å². The molecule has 2 N–H and O–H groups in total. The Morgan fingerprint density at radius 3 is 2.51 bits per heavy atom. The SMILES string of the molecule is Cc1cc(C)nc(NS(=O)(=O)c2ccc(NC(=O)CSC(=S)N3C[C@H]4C[C@@H](C3)c3cccc(=O)n3C4)cc2)n1. The third kappa shape index (κ3) is 6.31. The van der Waals surface area contributed by atoms with E-state index in [0.717, 1.165) is 25.2 Å². The zero-order valence-electron chi connectivity index (χ0n) is 21.5. The third-order valence-corrected chi connectivity index (χ3v) is 9.59. The molecule has 1 amide bonds. The molecule has 4 heterocycles. The molecule has 39 heavy (non-hydrogen) atoms. The number of benzene rings is 1. The van der Waals surface area contributed by atoms with Crippen molar-refractivity contribution >= 4 is 55.9 Å². The first-order valence-corrected chi connectivity index (χ1v) is 15.3. The number of thioether (sulfide) groups is 1. The molecular weight excluding hydrogens is 557 g/mol. The predicted octanol–water partition coefficient (Wildman–Crippen LogP) is 3.13. The smallest absolute Gasteiger partial charge is 0.264 e. The number of thiocarbonyl (C=S) groups is 1. The van der Waals surface area contributed by atoms with Gasteiger partial charge in [-0.2, -0.15) is 0 Å². The fraction of sp³-hybridized carbons (Fsp3) is 0.346. The average Bonchev–Trinajstić information content (AvgIpc) is 2.87. The van der Waals surface area contributed by atoms with Crippen LogP contribution in [0.4, 0.5) is 11.6 Å². The predicted molar refractivity (Wildman–Crippen MR) is 156 cm³/mol. The molecule has 0 radical (unpaired) electrons. The van der Waals surface area contributed by atoms with Crippen molar-refractivity contribution in [1.29, 1.82) is 0 Å². The lowest BCUT2D eigenvalue weighted by Crippen LogP contribution is -2.48. The molecule has 204 valence electrons. The molecule has 1 aromatic carbocycles. The number of carbonyl (C=O) groups is 1. The first kappa shape index (κ1) is 27.3. The van der Waals surface area contributed by atoms with Gasteiger partial charge in [0.2, 0.25) is 11.9 Å². The second-order valence-corrected chi connectivity index (χ2v) is 13.1. The highest BCUT2D eigenvalue weighted by Crippen LogP contribution is 2.36. The molecule has 0 unspecified atom stereocenters. The number of carbonyl (C=O) groups excluding carboxylic acids is 1. The number of piperidine rings is 1. The van der Waals surface area contributed by atoms with Crippen LogP contribution in [0, 0.1) is 19.8 Å². The lowest BCUT2D eigenvalue weighted by molar-refractivity contribution is -0.113. The Balaban J connectivity index is 1.14. The summed E-state index contributed by atoms with van der Waals surface area (Å²) in [5.74, 6) is 0.480. The van der Waals surface area contributed by atoms with Gasteiger partial charge < -0.3 is 14.8 Å². The van der Waals surface area contributed by atoms with Gasteiger partial charge in [0.05, 0.1) is 10.6 Å². The maximum absolute atomic E-state index is 12.7. The van der Waals surface area contributed by atoms with E-state index >= 15 is 0 Å². The minimum Gasteiger partial charge on any atom is -0.356 e. The fourth-order valence-corrected chi connectivity index (χ4v) is 7.06. The summed E-state index contributed by atoms with van der Waals surface area (Å²) in [7, 11) is -3.89. The zero-order chi connectivity index (χ0) is 27.7. The normalized spacial score (nSPS) is 18.3. The number of aromatic nitrogens is 3. The van der Waals surface area contributed by atoms with Gasteiger partial charge in [0, 0.05) is 54.4 Å². The van der Waals surface area contributed by atoms with Gasteiger partial charge in [0.25, 0.3) is 15.6 Å². The Labute approximate surface area is 236 Å². The van der Waals surface area contributed by atoms with E-state index in [1.807, 2.05) is 16.7 Å². The maximum Gasteiger partial charge on any atom is 0.264 e. The highest BCUT2D eigenvalue weighted by molar-refractivity contribution is 8.23. The Kier molecular flexibility index (Phi) is 7.74. The summed E-state index contributed by atoms with van der Waals surface area (Å²) in [4.78, 5) is 35.2. The van der Waals surface area contributed by atoms with E-state index < -0.39 is 10.0 Å². The highest BCUT2D eigenvalue weighted by atomic mass is 32.2. The number of fused-ring (bicyclic) bond motifs is 4. The summed E-state index contributed by atoms with van der Waals surface area (Å²) < 4.78 is 30.4. The minimum absolute atomic E-state index is 0.00771. The number of anilines is 2. The van der Waals surface area contributed by atoms with Gasteiger partial charge >= 0.3 is 0 Å². The molecule has 2 aliphatic rings. The van der Waals surface area contributed by atoms with Crippen molar-refractivity contribution < 1.29 is 13.2 Å². The number of hydrogen-bond acceptors (Lipinski definition) is 8. The first-order valence-electron chi connectivity index (χ1n) is 12.4. The number of sulfonamides is 1. The summed E-state index contributed by atoms with van der Waals surface area (Å²) in [5, 5.41) is 2.79. The molecule has 13 heteroatoms. The number of likely N-dealkylation sites (tertiary alicyclic amines) is 1. The van der Waals surface area contributed by atoms with Crippen LogP contribution in [0.5, 0.6) is 0 Å². The van der Waals surface area contributed by atoms with Crippen LogP contribution in [-0.4, -0.2) is 56.9 Å². The Bertz CT molecular complexity index is 1570. The van der Waals surface area contributed by atoms with Crippen molar-refractivity contribution in [3.63, 3.8) is 0 Å². The van der Waals surface area contributed by atoms with Crippen LogP contribution < -0.4 is 15.6 Å². The Hall–Kier alpha value is -3.29. The fourth-order valence-electron chi connectivity index (χ4n) is 5.13. The average molecular weight is 585 g/mol. The molecule has 2 aliphatic heterocycles. The van der Waals surface area contributed by atoms with E-state index in [1.165, 1.54) is 36.0 Å². The van der Waals surface area contributed by atoms with Crippen molar-refractivity contribution in [3.05, 3.63) is 76.0 Å². The molecule has 5 rings (SSSR count). The second-order valence-electron chi connectivity index (χ2n) is 9.81.